The molecule has 1 N–H and O–H groups in total. The number of likely N-dealkylation sites (tertiary alicyclic amines) is 1. The number of fused-ring (bicyclic) bond motifs is 1. The van der Waals surface area contributed by atoms with Crippen molar-refractivity contribution in [3.8, 4) is 11.1 Å². The summed E-state index contributed by atoms with van der Waals surface area (Å²) >= 11 is 0. The third-order valence-electron chi connectivity index (χ3n) is 5.92. The number of nitrogens with one attached hydrogen (secondary N) is 1. The predicted molar refractivity (Wildman–Crippen MR) is 120 cm³/mol. The van der Waals surface area contributed by atoms with E-state index in [1.165, 1.54) is 31.5 Å². The zero-order valence-electron chi connectivity index (χ0n) is 17.1. The fourth-order valence-corrected chi connectivity index (χ4v) is 4.33. The Bertz CT molecular complexity index is 1040. The number of hydrogen-bond donors (Lipinski definition) is 1. The first kappa shape index (κ1) is 18.8. The lowest BCUT2D eigenvalue weighted by Gasteiger charge is -2.30. The Labute approximate surface area is 177 Å². The lowest BCUT2D eigenvalue weighted by atomic mass is 10.0. The Morgan fingerprint density at radius 3 is 2.50 bits per heavy atom. The van der Waals surface area contributed by atoms with Gasteiger partial charge in [0.15, 0.2) is 5.82 Å². The number of amides is 1. The van der Waals surface area contributed by atoms with Crippen LogP contribution in [0.1, 0.15) is 24.0 Å². The number of aromatic nitrogens is 1. The van der Waals surface area contributed by atoms with Crippen molar-refractivity contribution in [3.63, 3.8) is 0 Å². The highest BCUT2D eigenvalue weighted by molar-refractivity contribution is 6.02. The molecule has 1 fully saturated rings. The Hall–Kier alpha value is -3.18. The van der Waals surface area contributed by atoms with Crippen molar-refractivity contribution < 1.29 is 4.79 Å². The van der Waals surface area contributed by atoms with Crippen LogP contribution in [0, 0.1) is 0 Å². The number of pyridine rings is 1. The third-order valence-corrected chi connectivity index (χ3v) is 5.92. The van der Waals surface area contributed by atoms with Gasteiger partial charge >= 0.3 is 0 Å². The smallest absolute Gasteiger partial charge is 0.246 e. The van der Waals surface area contributed by atoms with Gasteiger partial charge in [-0.3, -0.25) is 9.69 Å². The summed E-state index contributed by atoms with van der Waals surface area (Å²) in [4.78, 5) is 21.7. The van der Waals surface area contributed by atoms with Crippen LogP contribution in [-0.4, -0.2) is 35.4 Å². The van der Waals surface area contributed by atoms with E-state index in [1.54, 1.807) is 0 Å². The molecule has 0 radical (unpaired) electrons. The maximum absolute atomic E-state index is 12.7. The minimum atomic E-state index is 0.0630. The number of carbonyl (C=O) groups is 1. The van der Waals surface area contributed by atoms with Gasteiger partial charge in [-0.2, -0.15) is 0 Å². The number of benzene rings is 2. The molecule has 5 rings (SSSR count). The van der Waals surface area contributed by atoms with Gasteiger partial charge in [0, 0.05) is 18.3 Å². The average Bonchev–Trinajstić information content (AvgIpc) is 3.29. The number of rotatable bonds is 5. The molecule has 3 heterocycles. The van der Waals surface area contributed by atoms with E-state index in [0.717, 1.165) is 34.7 Å². The SMILES string of the molecule is O=C1CNc2ncc(-c3cccc(CN4CCCC4)c3)cc2N1Cc1ccccc1. The van der Waals surface area contributed by atoms with E-state index in [9.17, 15) is 4.79 Å². The zero-order valence-corrected chi connectivity index (χ0v) is 17.1. The van der Waals surface area contributed by atoms with E-state index in [1.807, 2.05) is 41.4 Å². The zero-order chi connectivity index (χ0) is 20.3. The standard InChI is InChI=1S/C25H26N4O/c30-24-16-27-25-23(29(24)18-19-7-2-1-3-8-19)14-22(15-26-25)21-10-6-9-20(13-21)17-28-11-4-5-12-28/h1-3,6-10,13-15H,4-5,11-12,16-18H2,(H,26,27). The molecule has 1 aromatic heterocycles. The molecule has 0 bridgehead atoms. The van der Waals surface area contributed by atoms with E-state index in [0.29, 0.717) is 6.54 Å². The van der Waals surface area contributed by atoms with Crippen molar-refractivity contribution in [1.82, 2.24) is 9.88 Å². The second-order valence-electron chi connectivity index (χ2n) is 8.09. The Kier molecular flexibility index (Phi) is 5.20. The van der Waals surface area contributed by atoms with Gasteiger partial charge in [0.2, 0.25) is 5.91 Å². The van der Waals surface area contributed by atoms with Crippen LogP contribution in [-0.2, 0) is 17.9 Å². The summed E-state index contributed by atoms with van der Waals surface area (Å²) in [6.07, 6.45) is 4.50. The van der Waals surface area contributed by atoms with E-state index in [4.69, 9.17) is 0 Å². The first-order chi connectivity index (χ1) is 14.8. The lowest BCUT2D eigenvalue weighted by molar-refractivity contribution is -0.117. The third kappa shape index (κ3) is 3.94. The highest BCUT2D eigenvalue weighted by Gasteiger charge is 2.25. The molecule has 3 aromatic rings. The van der Waals surface area contributed by atoms with Gasteiger partial charge in [0.1, 0.15) is 0 Å². The van der Waals surface area contributed by atoms with Crippen LogP contribution >= 0.6 is 0 Å². The number of hydrogen-bond acceptors (Lipinski definition) is 4. The summed E-state index contributed by atoms with van der Waals surface area (Å²) in [6, 6.07) is 20.9. The normalized spacial score (nSPS) is 16.4. The highest BCUT2D eigenvalue weighted by atomic mass is 16.2. The van der Waals surface area contributed by atoms with Crippen molar-refractivity contribution in [2.45, 2.75) is 25.9 Å². The van der Waals surface area contributed by atoms with Crippen LogP contribution < -0.4 is 10.2 Å². The summed E-state index contributed by atoms with van der Waals surface area (Å²) in [5.74, 6) is 0.829. The van der Waals surface area contributed by atoms with Crippen molar-refractivity contribution in [3.05, 3.63) is 78.0 Å². The van der Waals surface area contributed by atoms with Gasteiger partial charge in [-0.1, -0.05) is 48.5 Å². The molecule has 1 amide bonds. The molecule has 2 aliphatic heterocycles. The summed E-state index contributed by atoms with van der Waals surface area (Å²) in [7, 11) is 0. The quantitative estimate of drug-likeness (QED) is 0.696. The van der Waals surface area contributed by atoms with Gasteiger partial charge in [0.05, 0.1) is 18.8 Å². The number of anilines is 2. The van der Waals surface area contributed by atoms with Gasteiger partial charge in [-0.05, 0) is 54.8 Å². The molecule has 5 heteroatoms. The van der Waals surface area contributed by atoms with Crippen molar-refractivity contribution in [1.29, 1.82) is 0 Å². The maximum atomic E-state index is 12.7. The first-order valence-electron chi connectivity index (χ1n) is 10.7. The molecule has 2 aromatic carbocycles. The summed E-state index contributed by atoms with van der Waals surface area (Å²) < 4.78 is 0. The monoisotopic (exact) mass is 398 g/mol. The van der Waals surface area contributed by atoms with E-state index in [-0.39, 0.29) is 12.5 Å². The van der Waals surface area contributed by atoms with Crippen LogP contribution in [0.2, 0.25) is 0 Å². The van der Waals surface area contributed by atoms with E-state index in [2.05, 4.69) is 45.5 Å². The number of carbonyl (C=O) groups excluding carboxylic acids is 1. The van der Waals surface area contributed by atoms with Crippen LogP contribution in [0.3, 0.4) is 0 Å². The maximum Gasteiger partial charge on any atom is 0.246 e. The Balaban J connectivity index is 1.44. The minimum Gasteiger partial charge on any atom is -0.359 e. The van der Waals surface area contributed by atoms with Crippen LogP contribution in [0.5, 0.6) is 0 Å². The molecule has 152 valence electrons. The average molecular weight is 399 g/mol. The minimum absolute atomic E-state index is 0.0630. The topological polar surface area (TPSA) is 48.5 Å². The highest BCUT2D eigenvalue weighted by Crippen LogP contribution is 2.33. The summed E-state index contributed by atoms with van der Waals surface area (Å²) in [6.45, 7) is 4.19. The molecule has 5 nitrogen and oxygen atoms in total. The van der Waals surface area contributed by atoms with Crippen molar-refractivity contribution in [2.75, 3.05) is 29.9 Å². The second-order valence-corrected chi connectivity index (χ2v) is 8.09. The van der Waals surface area contributed by atoms with Gasteiger partial charge in [-0.15, -0.1) is 0 Å². The summed E-state index contributed by atoms with van der Waals surface area (Å²) in [5.41, 5.74) is 5.45. The molecule has 30 heavy (non-hydrogen) atoms. The fraction of sp³-hybridized carbons (Fsp3) is 0.280. The van der Waals surface area contributed by atoms with Crippen LogP contribution in [0.25, 0.3) is 11.1 Å². The number of nitrogens with zero attached hydrogens (tertiary/aromatic N) is 3. The Morgan fingerprint density at radius 1 is 0.867 bits per heavy atom. The molecule has 2 aliphatic rings. The van der Waals surface area contributed by atoms with E-state index < -0.39 is 0 Å². The van der Waals surface area contributed by atoms with Gasteiger partial charge in [-0.25, -0.2) is 4.98 Å². The first-order valence-corrected chi connectivity index (χ1v) is 10.7. The molecule has 0 unspecified atom stereocenters. The van der Waals surface area contributed by atoms with Crippen molar-refractivity contribution in [2.24, 2.45) is 0 Å². The van der Waals surface area contributed by atoms with E-state index >= 15 is 0 Å². The molecule has 0 saturated carbocycles. The van der Waals surface area contributed by atoms with Crippen molar-refractivity contribution >= 4 is 17.4 Å². The van der Waals surface area contributed by atoms with Gasteiger partial charge in [0.25, 0.3) is 0 Å². The lowest BCUT2D eigenvalue weighted by Crippen LogP contribution is -2.39. The molecule has 1 saturated heterocycles. The van der Waals surface area contributed by atoms with Gasteiger partial charge < -0.3 is 10.2 Å². The Morgan fingerprint density at radius 2 is 1.67 bits per heavy atom. The molecule has 0 aliphatic carbocycles. The van der Waals surface area contributed by atoms with Crippen LogP contribution in [0.4, 0.5) is 11.5 Å². The summed E-state index contributed by atoms with van der Waals surface area (Å²) in [5, 5.41) is 3.16. The molecular formula is C25H26N4O. The van der Waals surface area contributed by atoms with Crippen LogP contribution in [0.15, 0.2) is 66.9 Å². The fourth-order valence-electron chi connectivity index (χ4n) is 4.33. The molecule has 0 atom stereocenters. The molecular weight excluding hydrogens is 372 g/mol. The molecule has 0 spiro atoms. The second kappa shape index (κ2) is 8.28. The predicted octanol–water partition coefficient (Wildman–Crippen LogP) is 4.30. The largest absolute Gasteiger partial charge is 0.359 e.